The minimum atomic E-state index is 0.452. The minimum absolute atomic E-state index is 0.452. The van der Waals surface area contributed by atoms with Crippen molar-refractivity contribution >= 4 is 17.4 Å². The van der Waals surface area contributed by atoms with Crippen LogP contribution in [0.2, 0.25) is 0 Å². The van der Waals surface area contributed by atoms with E-state index in [0.29, 0.717) is 5.75 Å². The molecule has 0 spiro atoms. The number of benzene rings is 1. The molecule has 0 amide bonds. The van der Waals surface area contributed by atoms with Crippen LogP contribution in [-0.2, 0) is 0 Å². The van der Waals surface area contributed by atoms with Crippen molar-refractivity contribution in [1.29, 1.82) is 5.26 Å². The number of rotatable bonds is 2. The Morgan fingerprint density at radius 1 is 1.58 bits per heavy atom. The molecule has 0 aromatic heterocycles. The van der Waals surface area contributed by atoms with Crippen LogP contribution in [0.25, 0.3) is 0 Å². The largest absolute Gasteiger partial charge is 0.398 e. The number of nitriles is 1. The maximum atomic E-state index is 8.38. The lowest BCUT2D eigenvalue weighted by atomic mass is 10.2. The van der Waals surface area contributed by atoms with E-state index in [-0.39, 0.29) is 0 Å². The van der Waals surface area contributed by atoms with Crippen molar-refractivity contribution in [3.8, 4) is 6.07 Å². The summed E-state index contributed by atoms with van der Waals surface area (Å²) in [4.78, 5) is 0.997. The van der Waals surface area contributed by atoms with E-state index in [1.54, 1.807) is 0 Å². The van der Waals surface area contributed by atoms with Crippen molar-refractivity contribution in [3.05, 3.63) is 23.8 Å². The van der Waals surface area contributed by atoms with Crippen molar-refractivity contribution in [2.75, 3.05) is 11.5 Å². The summed E-state index contributed by atoms with van der Waals surface area (Å²) in [6.45, 7) is 2.01. The summed E-state index contributed by atoms with van der Waals surface area (Å²) in [7, 11) is 0. The number of aryl methyl sites for hydroxylation is 1. The smallest absolute Gasteiger partial charge is 0.0856 e. The van der Waals surface area contributed by atoms with Gasteiger partial charge in [0, 0.05) is 10.6 Å². The summed E-state index contributed by atoms with van der Waals surface area (Å²) in [5.41, 5.74) is 7.62. The zero-order valence-electron chi connectivity index (χ0n) is 6.87. The molecule has 12 heavy (non-hydrogen) atoms. The molecule has 2 nitrogen and oxygen atoms in total. The molecule has 0 atom stereocenters. The molecule has 62 valence electrons. The maximum Gasteiger partial charge on any atom is 0.0856 e. The predicted molar refractivity (Wildman–Crippen MR) is 51.9 cm³/mol. The van der Waals surface area contributed by atoms with Gasteiger partial charge in [0.05, 0.1) is 11.8 Å². The van der Waals surface area contributed by atoms with Crippen LogP contribution in [-0.4, -0.2) is 5.75 Å². The van der Waals surface area contributed by atoms with Crippen LogP contribution in [0.3, 0.4) is 0 Å². The second kappa shape index (κ2) is 4.03. The van der Waals surface area contributed by atoms with Gasteiger partial charge in [0.15, 0.2) is 0 Å². The molecule has 0 aliphatic carbocycles. The highest BCUT2D eigenvalue weighted by molar-refractivity contribution is 7.99. The number of nitrogens with zero attached hydrogens (tertiary/aromatic N) is 1. The molecule has 0 radical (unpaired) electrons. The summed E-state index contributed by atoms with van der Waals surface area (Å²) in [6.07, 6.45) is 0. The lowest BCUT2D eigenvalue weighted by molar-refractivity contribution is 1.36. The Morgan fingerprint density at radius 2 is 2.33 bits per heavy atom. The standard InChI is InChI=1S/C9H10N2S/c1-7-2-3-8(11)9(6-7)12-5-4-10/h2-3,6H,5,11H2,1H3. The van der Waals surface area contributed by atoms with E-state index >= 15 is 0 Å². The summed E-state index contributed by atoms with van der Waals surface area (Å²) >= 11 is 1.48. The van der Waals surface area contributed by atoms with Crippen LogP contribution >= 0.6 is 11.8 Å². The maximum absolute atomic E-state index is 8.38. The lowest BCUT2D eigenvalue weighted by Gasteiger charge is -2.02. The third kappa shape index (κ3) is 2.18. The number of hydrogen-bond acceptors (Lipinski definition) is 3. The molecule has 1 aromatic carbocycles. The van der Waals surface area contributed by atoms with Gasteiger partial charge >= 0.3 is 0 Å². The van der Waals surface area contributed by atoms with Gasteiger partial charge in [-0.3, -0.25) is 0 Å². The number of hydrogen-bond donors (Lipinski definition) is 1. The fraction of sp³-hybridized carbons (Fsp3) is 0.222. The Morgan fingerprint density at radius 3 is 3.00 bits per heavy atom. The second-order valence-corrected chi connectivity index (χ2v) is 3.51. The molecule has 0 bridgehead atoms. The number of anilines is 1. The molecule has 0 unspecified atom stereocenters. The van der Waals surface area contributed by atoms with E-state index in [4.69, 9.17) is 11.0 Å². The minimum Gasteiger partial charge on any atom is -0.398 e. The van der Waals surface area contributed by atoms with Gasteiger partial charge in [0.25, 0.3) is 0 Å². The van der Waals surface area contributed by atoms with Crippen LogP contribution in [0.4, 0.5) is 5.69 Å². The molecular weight excluding hydrogens is 168 g/mol. The Balaban J connectivity index is 2.84. The SMILES string of the molecule is Cc1ccc(N)c(SCC#N)c1. The molecule has 0 saturated carbocycles. The normalized spacial score (nSPS) is 9.33. The van der Waals surface area contributed by atoms with Gasteiger partial charge in [-0.25, -0.2) is 0 Å². The van der Waals surface area contributed by atoms with E-state index in [9.17, 15) is 0 Å². The molecule has 0 aliphatic heterocycles. The molecule has 0 aliphatic rings. The van der Waals surface area contributed by atoms with Gasteiger partial charge in [-0.05, 0) is 24.6 Å². The monoisotopic (exact) mass is 178 g/mol. The molecule has 1 rings (SSSR count). The van der Waals surface area contributed by atoms with Gasteiger partial charge in [-0.1, -0.05) is 6.07 Å². The first-order valence-corrected chi connectivity index (χ1v) is 4.58. The van der Waals surface area contributed by atoms with Crippen LogP contribution in [0, 0.1) is 18.3 Å². The summed E-state index contributed by atoms with van der Waals surface area (Å²) in [6, 6.07) is 7.90. The van der Waals surface area contributed by atoms with Crippen molar-refractivity contribution in [2.45, 2.75) is 11.8 Å². The second-order valence-electron chi connectivity index (χ2n) is 2.49. The first-order chi connectivity index (χ1) is 5.74. The average Bonchev–Trinajstić information content (AvgIpc) is 2.07. The molecule has 0 fully saturated rings. The highest BCUT2D eigenvalue weighted by Crippen LogP contribution is 2.25. The van der Waals surface area contributed by atoms with Crippen LogP contribution in [0.1, 0.15) is 5.56 Å². The van der Waals surface area contributed by atoms with E-state index < -0.39 is 0 Å². The topological polar surface area (TPSA) is 49.8 Å². The van der Waals surface area contributed by atoms with E-state index in [1.807, 2.05) is 25.1 Å². The molecule has 2 N–H and O–H groups in total. The molecule has 3 heteroatoms. The quantitative estimate of drug-likeness (QED) is 0.558. The third-order valence-electron chi connectivity index (χ3n) is 1.46. The van der Waals surface area contributed by atoms with Crippen LogP contribution in [0.5, 0.6) is 0 Å². The van der Waals surface area contributed by atoms with Crippen LogP contribution in [0.15, 0.2) is 23.1 Å². The fourth-order valence-corrected chi connectivity index (χ4v) is 1.60. The highest BCUT2D eigenvalue weighted by Gasteiger charge is 1.98. The van der Waals surface area contributed by atoms with E-state index in [0.717, 1.165) is 10.6 Å². The highest BCUT2D eigenvalue weighted by atomic mass is 32.2. The first-order valence-electron chi connectivity index (χ1n) is 3.60. The Kier molecular flexibility index (Phi) is 3.01. The summed E-state index contributed by atoms with van der Waals surface area (Å²) in [5.74, 6) is 0.452. The molecule has 1 aromatic rings. The van der Waals surface area contributed by atoms with Gasteiger partial charge in [-0.2, -0.15) is 5.26 Å². The molecule has 0 saturated heterocycles. The summed E-state index contributed by atoms with van der Waals surface area (Å²) < 4.78 is 0. The first kappa shape index (κ1) is 8.95. The average molecular weight is 178 g/mol. The molecule has 0 heterocycles. The zero-order chi connectivity index (χ0) is 8.97. The lowest BCUT2D eigenvalue weighted by Crippen LogP contribution is -1.89. The van der Waals surface area contributed by atoms with Gasteiger partial charge in [0.2, 0.25) is 0 Å². The zero-order valence-corrected chi connectivity index (χ0v) is 7.69. The van der Waals surface area contributed by atoms with Crippen molar-refractivity contribution in [1.82, 2.24) is 0 Å². The van der Waals surface area contributed by atoms with E-state index in [1.165, 1.54) is 17.3 Å². The number of nitrogens with two attached hydrogens (primary N) is 1. The van der Waals surface area contributed by atoms with Gasteiger partial charge in [-0.15, -0.1) is 11.8 Å². The van der Waals surface area contributed by atoms with E-state index in [2.05, 4.69) is 6.07 Å². The van der Waals surface area contributed by atoms with Crippen LogP contribution < -0.4 is 5.73 Å². The Hall–Kier alpha value is -1.14. The third-order valence-corrected chi connectivity index (χ3v) is 2.40. The fourth-order valence-electron chi connectivity index (χ4n) is 0.877. The van der Waals surface area contributed by atoms with Crippen molar-refractivity contribution in [3.63, 3.8) is 0 Å². The van der Waals surface area contributed by atoms with Gasteiger partial charge < -0.3 is 5.73 Å². The number of thioether (sulfide) groups is 1. The van der Waals surface area contributed by atoms with Gasteiger partial charge in [0.1, 0.15) is 0 Å². The predicted octanol–water partition coefficient (Wildman–Crippen LogP) is 2.19. The number of nitrogen functional groups attached to an aromatic ring is 1. The summed E-state index contributed by atoms with van der Waals surface area (Å²) in [5, 5.41) is 8.38. The van der Waals surface area contributed by atoms with Crippen molar-refractivity contribution < 1.29 is 0 Å². The molecular formula is C9H10N2S. The van der Waals surface area contributed by atoms with Crippen molar-refractivity contribution in [2.24, 2.45) is 0 Å². The Labute approximate surface area is 76.4 Å². The Bertz CT molecular complexity index is 315.